The molecule has 0 aliphatic carbocycles. The molecule has 2 aliphatic rings. The molecule has 98 valence electrons. The van der Waals surface area contributed by atoms with Gasteiger partial charge in [0.2, 0.25) is 5.91 Å². The fraction of sp³-hybridized carbons (Fsp3) is 0.923. The van der Waals surface area contributed by atoms with Crippen molar-refractivity contribution in [1.29, 1.82) is 0 Å². The molecule has 0 saturated carbocycles. The zero-order valence-electron chi connectivity index (χ0n) is 10.9. The summed E-state index contributed by atoms with van der Waals surface area (Å²) in [5.41, 5.74) is 0. The molecule has 0 radical (unpaired) electrons. The molecule has 0 aromatic rings. The summed E-state index contributed by atoms with van der Waals surface area (Å²) in [7, 11) is 0. The lowest BCUT2D eigenvalue weighted by atomic mass is 10.1. The van der Waals surface area contributed by atoms with Crippen LogP contribution >= 0.6 is 0 Å². The van der Waals surface area contributed by atoms with Gasteiger partial charge in [0.15, 0.2) is 0 Å². The number of rotatable bonds is 4. The van der Waals surface area contributed by atoms with Crippen molar-refractivity contribution in [2.75, 3.05) is 26.2 Å². The van der Waals surface area contributed by atoms with Gasteiger partial charge in [0.25, 0.3) is 0 Å². The third-order valence-corrected chi connectivity index (χ3v) is 4.35. The summed E-state index contributed by atoms with van der Waals surface area (Å²) < 4.78 is 0. The molecule has 2 saturated heterocycles. The maximum Gasteiger partial charge on any atom is 0.223 e. The van der Waals surface area contributed by atoms with E-state index >= 15 is 0 Å². The van der Waals surface area contributed by atoms with Gasteiger partial charge in [-0.3, -0.25) is 9.69 Å². The summed E-state index contributed by atoms with van der Waals surface area (Å²) in [5, 5.41) is 9.13. The number of aliphatic hydroxyl groups is 1. The van der Waals surface area contributed by atoms with Crippen molar-refractivity contribution in [1.82, 2.24) is 9.80 Å². The minimum absolute atomic E-state index is 0.143. The van der Waals surface area contributed by atoms with Crippen molar-refractivity contribution in [3.05, 3.63) is 0 Å². The minimum Gasteiger partial charge on any atom is -0.396 e. The van der Waals surface area contributed by atoms with Crippen LogP contribution in [0.4, 0.5) is 0 Å². The first-order chi connectivity index (χ1) is 8.15. The van der Waals surface area contributed by atoms with Gasteiger partial charge in [-0.1, -0.05) is 6.92 Å². The molecule has 0 aromatic heterocycles. The Morgan fingerprint density at radius 1 is 1.47 bits per heavy atom. The quantitative estimate of drug-likeness (QED) is 0.786. The van der Waals surface area contributed by atoms with E-state index in [0.29, 0.717) is 18.5 Å². The van der Waals surface area contributed by atoms with Crippen LogP contribution in [0, 0.1) is 5.92 Å². The lowest BCUT2D eigenvalue weighted by Crippen LogP contribution is -2.40. The van der Waals surface area contributed by atoms with E-state index in [1.165, 1.54) is 6.42 Å². The van der Waals surface area contributed by atoms with Crippen LogP contribution in [0.25, 0.3) is 0 Å². The Labute approximate surface area is 104 Å². The van der Waals surface area contributed by atoms with Gasteiger partial charge in [-0.2, -0.15) is 0 Å². The van der Waals surface area contributed by atoms with Crippen molar-refractivity contribution in [2.24, 2.45) is 5.92 Å². The molecule has 0 bridgehead atoms. The van der Waals surface area contributed by atoms with Crippen molar-refractivity contribution >= 4 is 5.91 Å². The Hall–Kier alpha value is -0.610. The summed E-state index contributed by atoms with van der Waals surface area (Å²) in [5.74, 6) is 0.403. The maximum atomic E-state index is 11.9. The SMILES string of the molecule is CCC(C)N1CCC(N2CC(CO)CC2=O)C1. The highest BCUT2D eigenvalue weighted by molar-refractivity contribution is 5.79. The first-order valence-electron chi connectivity index (χ1n) is 6.80. The largest absolute Gasteiger partial charge is 0.396 e. The minimum atomic E-state index is 0.143. The number of likely N-dealkylation sites (tertiary alicyclic amines) is 2. The number of nitrogens with zero attached hydrogens (tertiary/aromatic N) is 2. The van der Waals surface area contributed by atoms with E-state index in [9.17, 15) is 4.79 Å². The molecule has 1 N–H and O–H groups in total. The first kappa shape index (κ1) is 12.8. The summed E-state index contributed by atoms with van der Waals surface area (Å²) >= 11 is 0. The molecule has 1 amide bonds. The van der Waals surface area contributed by atoms with E-state index in [0.717, 1.165) is 26.1 Å². The normalized spacial score (nSPS) is 32.4. The number of hydrogen-bond acceptors (Lipinski definition) is 3. The number of hydrogen-bond donors (Lipinski definition) is 1. The average molecular weight is 240 g/mol. The third kappa shape index (κ3) is 2.63. The molecule has 0 aromatic carbocycles. The highest BCUT2D eigenvalue weighted by Gasteiger charge is 2.37. The topological polar surface area (TPSA) is 43.8 Å². The van der Waals surface area contributed by atoms with Gasteiger partial charge in [-0.25, -0.2) is 0 Å². The van der Waals surface area contributed by atoms with E-state index in [-0.39, 0.29) is 18.4 Å². The Kier molecular flexibility index (Phi) is 4.05. The van der Waals surface area contributed by atoms with E-state index < -0.39 is 0 Å². The Bertz CT molecular complexity index is 283. The van der Waals surface area contributed by atoms with Crippen LogP contribution in [-0.4, -0.2) is 59.1 Å². The van der Waals surface area contributed by atoms with E-state index in [2.05, 4.69) is 18.7 Å². The summed E-state index contributed by atoms with van der Waals surface area (Å²) in [4.78, 5) is 16.4. The average Bonchev–Trinajstić information content (AvgIpc) is 2.94. The van der Waals surface area contributed by atoms with Crippen molar-refractivity contribution in [3.8, 4) is 0 Å². The molecule has 2 rings (SSSR count). The van der Waals surface area contributed by atoms with Crippen molar-refractivity contribution in [2.45, 2.75) is 45.2 Å². The molecule has 4 heteroatoms. The number of amides is 1. The molecule has 3 atom stereocenters. The Morgan fingerprint density at radius 3 is 2.82 bits per heavy atom. The molecular formula is C13H24N2O2. The van der Waals surface area contributed by atoms with Gasteiger partial charge in [0.1, 0.15) is 0 Å². The zero-order valence-corrected chi connectivity index (χ0v) is 10.9. The monoisotopic (exact) mass is 240 g/mol. The number of carbonyl (C=O) groups excluding carboxylic acids is 1. The summed E-state index contributed by atoms with van der Waals surface area (Å²) in [6.45, 7) is 7.48. The maximum absolute atomic E-state index is 11.9. The second kappa shape index (κ2) is 5.36. The highest BCUT2D eigenvalue weighted by atomic mass is 16.3. The van der Waals surface area contributed by atoms with Gasteiger partial charge in [-0.15, -0.1) is 0 Å². The Balaban J connectivity index is 1.90. The second-order valence-electron chi connectivity index (χ2n) is 5.49. The van der Waals surface area contributed by atoms with Crippen LogP contribution in [0.3, 0.4) is 0 Å². The molecule has 4 nitrogen and oxygen atoms in total. The van der Waals surface area contributed by atoms with Gasteiger partial charge < -0.3 is 10.0 Å². The lowest BCUT2D eigenvalue weighted by molar-refractivity contribution is -0.129. The fourth-order valence-corrected chi connectivity index (χ4v) is 2.96. The standard InChI is InChI=1S/C13H24N2O2/c1-3-10(2)14-5-4-12(8-14)15-7-11(9-16)6-13(15)17/h10-12,16H,3-9H2,1-2H3. The molecular weight excluding hydrogens is 216 g/mol. The van der Waals surface area contributed by atoms with Gasteiger partial charge >= 0.3 is 0 Å². The summed E-state index contributed by atoms with van der Waals surface area (Å²) in [6.07, 6.45) is 2.80. The Morgan fingerprint density at radius 2 is 2.24 bits per heavy atom. The molecule has 2 fully saturated rings. The summed E-state index contributed by atoms with van der Waals surface area (Å²) in [6, 6.07) is 0.999. The predicted molar refractivity (Wildman–Crippen MR) is 66.6 cm³/mol. The van der Waals surface area contributed by atoms with Crippen LogP contribution in [0.1, 0.15) is 33.1 Å². The van der Waals surface area contributed by atoms with Crippen LogP contribution in [0.15, 0.2) is 0 Å². The fourth-order valence-electron chi connectivity index (χ4n) is 2.96. The van der Waals surface area contributed by atoms with Crippen molar-refractivity contribution in [3.63, 3.8) is 0 Å². The smallest absolute Gasteiger partial charge is 0.223 e. The predicted octanol–water partition coefficient (Wildman–Crippen LogP) is 0.700. The van der Waals surface area contributed by atoms with E-state index in [4.69, 9.17) is 5.11 Å². The van der Waals surface area contributed by atoms with E-state index in [1.54, 1.807) is 0 Å². The van der Waals surface area contributed by atoms with E-state index in [1.807, 2.05) is 4.90 Å². The second-order valence-corrected chi connectivity index (χ2v) is 5.49. The van der Waals surface area contributed by atoms with Crippen LogP contribution < -0.4 is 0 Å². The van der Waals surface area contributed by atoms with Crippen LogP contribution in [0.2, 0.25) is 0 Å². The number of aliphatic hydroxyl groups excluding tert-OH is 1. The molecule has 17 heavy (non-hydrogen) atoms. The lowest BCUT2D eigenvalue weighted by Gasteiger charge is -2.27. The van der Waals surface area contributed by atoms with Gasteiger partial charge in [0.05, 0.1) is 0 Å². The van der Waals surface area contributed by atoms with Gasteiger partial charge in [0, 0.05) is 50.7 Å². The van der Waals surface area contributed by atoms with Crippen molar-refractivity contribution < 1.29 is 9.90 Å². The third-order valence-electron chi connectivity index (χ3n) is 4.35. The first-order valence-corrected chi connectivity index (χ1v) is 6.80. The molecule has 2 heterocycles. The highest BCUT2D eigenvalue weighted by Crippen LogP contribution is 2.25. The van der Waals surface area contributed by atoms with Crippen LogP contribution in [-0.2, 0) is 4.79 Å². The molecule has 3 unspecified atom stereocenters. The van der Waals surface area contributed by atoms with Gasteiger partial charge in [-0.05, 0) is 19.8 Å². The molecule has 2 aliphatic heterocycles. The zero-order chi connectivity index (χ0) is 12.4. The number of carbonyl (C=O) groups is 1. The van der Waals surface area contributed by atoms with Crippen LogP contribution in [0.5, 0.6) is 0 Å². The molecule has 0 spiro atoms.